The Morgan fingerprint density at radius 2 is 2.00 bits per heavy atom. The van der Waals surface area contributed by atoms with E-state index in [1.807, 2.05) is 12.1 Å². The van der Waals surface area contributed by atoms with Crippen LogP contribution in [0.3, 0.4) is 0 Å². The Bertz CT molecular complexity index is 456. The third kappa shape index (κ3) is 5.59. The summed E-state index contributed by atoms with van der Waals surface area (Å²) in [6, 6.07) is 7.99. The van der Waals surface area contributed by atoms with Crippen LogP contribution >= 0.6 is 11.6 Å². The summed E-state index contributed by atoms with van der Waals surface area (Å²) in [5.74, 6) is 0.353. The molecule has 1 aliphatic rings. The highest BCUT2D eigenvalue weighted by Gasteiger charge is 2.24. The SMILES string of the molecule is COCCCNC(=O)C1CCN(Cc2ccc(Cl)cc2)CC1. The third-order valence-corrected chi connectivity index (χ3v) is 4.35. The molecule has 2 rings (SSSR count). The zero-order valence-corrected chi connectivity index (χ0v) is 13.9. The highest BCUT2D eigenvalue weighted by Crippen LogP contribution is 2.20. The molecule has 1 fully saturated rings. The lowest BCUT2D eigenvalue weighted by Gasteiger charge is -2.31. The summed E-state index contributed by atoms with van der Waals surface area (Å²) in [5.41, 5.74) is 1.27. The molecule has 0 aromatic heterocycles. The summed E-state index contributed by atoms with van der Waals surface area (Å²) >= 11 is 5.90. The smallest absolute Gasteiger partial charge is 0.223 e. The maximum atomic E-state index is 12.1. The number of ether oxygens (including phenoxy) is 1. The molecule has 0 spiro atoms. The molecule has 0 aliphatic carbocycles. The molecule has 1 aliphatic heterocycles. The van der Waals surface area contributed by atoms with Crippen LogP contribution in [0.15, 0.2) is 24.3 Å². The van der Waals surface area contributed by atoms with Crippen molar-refractivity contribution in [3.8, 4) is 0 Å². The number of piperidine rings is 1. The summed E-state index contributed by atoms with van der Waals surface area (Å²) < 4.78 is 4.98. The topological polar surface area (TPSA) is 41.6 Å². The lowest BCUT2D eigenvalue weighted by atomic mass is 9.95. The van der Waals surface area contributed by atoms with E-state index in [1.165, 1.54) is 5.56 Å². The van der Waals surface area contributed by atoms with Crippen molar-refractivity contribution in [3.63, 3.8) is 0 Å². The van der Waals surface area contributed by atoms with E-state index in [4.69, 9.17) is 16.3 Å². The molecule has 4 nitrogen and oxygen atoms in total. The normalized spacial score (nSPS) is 16.6. The second-order valence-electron chi connectivity index (χ2n) is 5.81. The zero-order chi connectivity index (χ0) is 15.8. The molecule has 0 radical (unpaired) electrons. The first-order valence-corrected chi connectivity index (χ1v) is 8.30. The fourth-order valence-electron chi connectivity index (χ4n) is 2.77. The molecule has 122 valence electrons. The van der Waals surface area contributed by atoms with Crippen LogP contribution in [0.1, 0.15) is 24.8 Å². The van der Waals surface area contributed by atoms with Gasteiger partial charge in [0.25, 0.3) is 0 Å². The molecule has 1 N–H and O–H groups in total. The second kappa shape index (κ2) is 9.13. The van der Waals surface area contributed by atoms with Crippen LogP contribution in [0.25, 0.3) is 0 Å². The lowest BCUT2D eigenvalue weighted by Crippen LogP contribution is -2.40. The van der Waals surface area contributed by atoms with Crippen molar-refractivity contribution < 1.29 is 9.53 Å². The Labute approximate surface area is 137 Å². The van der Waals surface area contributed by atoms with Crippen LogP contribution in [-0.4, -0.2) is 44.2 Å². The largest absolute Gasteiger partial charge is 0.385 e. The van der Waals surface area contributed by atoms with Crippen molar-refractivity contribution in [2.45, 2.75) is 25.8 Å². The molecule has 22 heavy (non-hydrogen) atoms. The molecule has 5 heteroatoms. The number of carbonyl (C=O) groups excluding carboxylic acids is 1. The molecule has 0 atom stereocenters. The van der Waals surface area contributed by atoms with E-state index < -0.39 is 0 Å². The maximum Gasteiger partial charge on any atom is 0.223 e. The number of carbonyl (C=O) groups is 1. The molecule has 0 unspecified atom stereocenters. The van der Waals surface area contributed by atoms with Crippen molar-refractivity contribution >= 4 is 17.5 Å². The number of amides is 1. The molecule has 0 bridgehead atoms. The van der Waals surface area contributed by atoms with E-state index in [0.717, 1.165) is 43.9 Å². The minimum Gasteiger partial charge on any atom is -0.385 e. The van der Waals surface area contributed by atoms with Crippen LogP contribution in [0.4, 0.5) is 0 Å². The number of nitrogens with one attached hydrogen (secondary N) is 1. The van der Waals surface area contributed by atoms with Crippen molar-refractivity contribution in [1.29, 1.82) is 0 Å². The van der Waals surface area contributed by atoms with E-state index in [1.54, 1.807) is 7.11 Å². The molecular formula is C17H25ClN2O2. The highest BCUT2D eigenvalue weighted by molar-refractivity contribution is 6.30. The highest BCUT2D eigenvalue weighted by atomic mass is 35.5. The Hall–Kier alpha value is -1.10. The summed E-state index contributed by atoms with van der Waals surface area (Å²) in [6.07, 6.45) is 2.74. The predicted octanol–water partition coefficient (Wildman–Crippen LogP) is 2.70. The monoisotopic (exact) mass is 324 g/mol. The number of benzene rings is 1. The number of likely N-dealkylation sites (tertiary alicyclic amines) is 1. The summed E-state index contributed by atoms with van der Waals surface area (Å²) in [4.78, 5) is 14.5. The number of hydrogen-bond acceptors (Lipinski definition) is 3. The van der Waals surface area contributed by atoms with E-state index in [2.05, 4.69) is 22.3 Å². The van der Waals surface area contributed by atoms with Gasteiger partial charge in [-0.25, -0.2) is 0 Å². The number of halogens is 1. The number of nitrogens with zero attached hydrogens (tertiary/aromatic N) is 1. The molecule has 1 saturated heterocycles. The van der Waals surface area contributed by atoms with Crippen molar-refractivity contribution in [2.24, 2.45) is 5.92 Å². The van der Waals surface area contributed by atoms with Crippen molar-refractivity contribution in [1.82, 2.24) is 10.2 Å². The average molecular weight is 325 g/mol. The first kappa shape index (κ1) is 17.3. The summed E-state index contributed by atoms with van der Waals surface area (Å²) in [5, 5.41) is 3.78. The van der Waals surface area contributed by atoms with Gasteiger partial charge in [0, 0.05) is 37.7 Å². The molecule has 1 aromatic rings. The van der Waals surface area contributed by atoms with Gasteiger partial charge in [-0.05, 0) is 50.0 Å². The van der Waals surface area contributed by atoms with Gasteiger partial charge in [0.2, 0.25) is 5.91 Å². The average Bonchev–Trinajstić information content (AvgIpc) is 2.54. The minimum absolute atomic E-state index is 0.156. The van der Waals surface area contributed by atoms with Crippen LogP contribution in [-0.2, 0) is 16.1 Å². The van der Waals surface area contributed by atoms with Gasteiger partial charge in [-0.15, -0.1) is 0 Å². The fraction of sp³-hybridized carbons (Fsp3) is 0.588. The van der Waals surface area contributed by atoms with E-state index in [0.29, 0.717) is 13.2 Å². The Morgan fingerprint density at radius 1 is 1.32 bits per heavy atom. The maximum absolute atomic E-state index is 12.1. The Morgan fingerprint density at radius 3 is 2.64 bits per heavy atom. The molecule has 1 amide bonds. The van der Waals surface area contributed by atoms with Crippen LogP contribution in [0.5, 0.6) is 0 Å². The van der Waals surface area contributed by atoms with Crippen molar-refractivity contribution in [2.75, 3.05) is 33.4 Å². The Balaban J connectivity index is 1.68. The predicted molar refractivity (Wildman–Crippen MR) is 89.0 cm³/mol. The van der Waals surface area contributed by atoms with Gasteiger partial charge in [0.1, 0.15) is 0 Å². The number of methoxy groups -OCH3 is 1. The number of rotatable bonds is 7. The lowest BCUT2D eigenvalue weighted by molar-refractivity contribution is -0.126. The van der Waals surface area contributed by atoms with Gasteiger partial charge in [-0.2, -0.15) is 0 Å². The molecule has 0 saturated carbocycles. The van der Waals surface area contributed by atoms with E-state index in [-0.39, 0.29) is 11.8 Å². The van der Waals surface area contributed by atoms with Gasteiger partial charge >= 0.3 is 0 Å². The number of hydrogen-bond donors (Lipinski definition) is 1. The van der Waals surface area contributed by atoms with Crippen LogP contribution in [0.2, 0.25) is 5.02 Å². The van der Waals surface area contributed by atoms with Crippen molar-refractivity contribution in [3.05, 3.63) is 34.9 Å². The van der Waals surface area contributed by atoms with E-state index in [9.17, 15) is 4.79 Å². The van der Waals surface area contributed by atoms with Gasteiger partial charge < -0.3 is 10.1 Å². The quantitative estimate of drug-likeness (QED) is 0.784. The minimum atomic E-state index is 0.156. The zero-order valence-electron chi connectivity index (χ0n) is 13.2. The molecular weight excluding hydrogens is 300 g/mol. The summed E-state index contributed by atoms with van der Waals surface area (Å²) in [6.45, 7) is 4.27. The second-order valence-corrected chi connectivity index (χ2v) is 6.25. The van der Waals surface area contributed by atoms with Gasteiger partial charge in [-0.3, -0.25) is 9.69 Å². The summed E-state index contributed by atoms with van der Waals surface area (Å²) in [7, 11) is 1.68. The van der Waals surface area contributed by atoms with Gasteiger partial charge in [0.15, 0.2) is 0 Å². The van der Waals surface area contributed by atoms with Gasteiger partial charge in [-0.1, -0.05) is 23.7 Å². The molecule has 1 aromatic carbocycles. The van der Waals surface area contributed by atoms with Crippen LogP contribution < -0.4 is 5.32 Å². The van der Waals surface area contributed by atoms with Gasteiger partial charge in [0.05, 0.1) is 0 Å². The first-order chi connectivity index (χ1) is 10.7. The first-order valence-electron chi connectivity index (χ1n) is 7.92. The molecule has 1 heterocycles. The Kier molecular flexibility index (Phi) is 7.16. The fourth-order valence-corrected chi connectivity index (χ4v) is 2.90. The third-order valence-electron chi connectivity index (χ3n) is 4.10. The standard InChI is InChI=1S/C17H25ClN2O2/c1-22-12-2-9-19-17(21)15-7-10-20(11-8-15)13-14-3-5-16(18)6-4-14/h3-6,15H,2,7-13H2,1H3,(H,19,21). The van der Waals surface area contributed by atoms with E-state index >= 15 is 0 Å². The van der Waals surface area contributed by atoms with Crippen LogP contribution in [0, 0.1) is 5.92 Å².